The van der Waals surface area contributed by atoms with Crippen molar-refractivity contribution in [3.63, 3.8) is 0 Å². The maximum Gasteiger partial charge on any atom is 0.0387 e. The van der Waals surface area contributed by atoms with Crippen molar-refractivity contribution in [1.29, 1.82) is 0 Å². The minimum atomic E-state index is 0.326. The molecule has 2 aliphatic heterocycles. The monoisotopic (exact) mass is 630 g/mol. The van der Waals surface area contributed by atoms with Gasteiger partial charge in [-0.3, -0.25) is 4.90 Å². The number of piperidine rings is 2. The molecule has 0 amide bonds. The SMILES string of the molecule is CC(C)C1(I)CCN(C(C)(C)C2CCNCC2I)CC1I. The molecule has 21 heavy (non-hydrogen) atoms. The van der Waals surface area contributed by atoms with Crippen LogP contribution in [-0.2, 0) is 0 Å². The predicted molar refractivity (Wildman–Crippen MR) is 118 cm³/mol. The molecule has 0 aromatic heterocycles. The minimum Gasteiger partial charge on any atom is -0.316 e. The van der Waals surface area contributed by atoms with Crippen LogP contribution in [0.3, 0.4) is 0 Å². The number of nitrogens with zero attached hydrogens (tertiary/aromatic N) is 1. The second-order valence-corrected chi connectivity index (χ2v) is 12.6. The average molecular weight is 630 g/mol. The van der Waals surface area contributed by atoms with Crippen molar-refractivity contribution in [2.45, 2.75) is 57.3 Å². The van der Waals surface area contributed by atoms with Crippen LogP contribution in [0, 0.1) is 11.8 Å². The lowest BCUT2D eigenvalue weighted by atomic mass is 9.77. The maximum atomic E-state index is 3.55. The highest BCUT2D eigenvalue weighted by Gasteiger charge is 2.47. The summed E-state index contributed by atoms with van der Waals surface area (Å²) in [6.45, 7) is 14.7. The Kier molecular flexibility index (Phi) is 6.99. The average Bonchev–Trinajstić information content (AvgIpc) is 2.41. The van der Waals surface area contributed by atoms with Crippen molar-refractivity contribution >= 4 is 67.8 Å². The summed E-state index contributed by atoms with van der Waals surface area (Å²) in [6.07, 6.45) is 2.65. The molecular formula is C16H29I3N2. The van der Waals surface area contributed by atoms with E-state index in [4.69, 9.17) is 0 Å². The summed E-state index contributed by atoms with van der Waals surface area (Å²) in [5.74, 6) is 1.57. The van der Waals surface area contributed by atoms with Crippen molar-refractivity contribution in [3.05, 3.63) is 0 Å². The Balaban J connectivity index is 2.08. The van der Waals surface area contributed by atoms with Gasteiger partial charge in [-0.25, -0.2) is 0 Å². The van der Waals surface area contributed by atoms with E-state index in [9.17, 15) is 0 Å². The van der Waals surface area contributed by atoms with E-state index in [0.29, 0.717) is 8.96 Å². The molecule has 2 heterocycles. The van der Waals surface area contributed by atoms with Crippen molar-refractivity contribution in [3.8, 4) is 0 Å². The van der Waals surface area contributed by atoms with Crippen molar-refractivity contribution in [2.24, 2.45) is 11.8 Å². The fourth-order valence-corrected chi connectivity index (χ4v) is 7.42. The Morgan fingerprint density at radius 2 is 1.95 bits per heavy atom. The van der Waals surface area contributed by atoms with E-state index in [1.165, 1.54) is 39.0 Å². The number of likely N-dealkylation sites (tertiary alicyclic amines) is 1. The largest absolute Gasteiger partial charge is 0.316 e. The molecule has 2 aliphatic rings. The van der Waals surface area contributed by atoms with Gasteiger partial charge < -0.3 is 5.32 Å². The lowest BCUT2D eigenvalue weighted by molar-refractivity contribution is 0.0305. The first-order valence-electron chi connectivity index (χ1n) is 8.12. The van der Waals surface area contributed by atoms with Crippen LogP contribution in [-0.4, -0.2) is 47.9 Å². The maximum absolute atomic E-state index is 3.55. The molecule has 2 nitrogen and oxygen atoms in total. The second kappa shape index (κ2) is 7.56. The molecule has 0 spiro atoms. The van der Waals surface area contributed by atoms with E-state index >= 15 is 0 Å². The highest BCUT2D eigenvalue weighted by molar-refractivity contribution is 14.1. The van der Waals surface area contributed by atoms with E-state index in [0.717, 1.165) is 19.7 Å². The molecular weight excluding hydrogens is 601 g/mol. The van der Waals surface area contributed by atoms with Crippen LogP contribution in [0.2, 0.25) is 0 Å². The van der Waals surface area contributed by atoms with Gasteiger partial charge in [0.25, 0.3) is 0 Å². The number of alkyl halides is 3. The summed E-state index contributed by atoms with van der Waals surface area (Å²) in [5.41, 5.74) is 0.326. The summed E-state index contributed by atoms with van der Waals surface area (Å²) in [5, 5.41) is 3.55. The van der Waals surface area contributed by atoms with E-state index in [1.54, 1.807) is 0 Å². The molecule has 0 aliphatic carbocycles. The molecule has 0 bridgehead atoms. The first kappa shape index (κ1) is 19.4. The van der Waals surface area contributed by atoms with Gasteiger partial charge in [0, 0.05) is 36.4 Å². The van der Waals surface area contributed by atoms with Crippen molar-refractivity contribution in [2.75, 3.05) is 26.2 Å². The number of rotatable bonds is 3. The van der Waals surface area contributed by atoms with Crippen LogP contribution in [0.1, 0.15) is 40.5 Å². The van der Waals surface area contributed by atoms with Gasteiger partial charge in [0.1, 0.15) is 0 Å². The Morgan fingerprint density at radius 3 is 2.48 bits per heavy atom. The summed E-state index contributed by atoms with van der Waals surface area (Å²) < 4.78 is 1.98. The van der Waals surface area contributed by atoms with E-state index in [1.807, 2.05) is 0 Å². The fourth-order valence-electron chi connectivity index (χ4n) is 3.92. The van der Waals surface area contributed by atoms with Gasteiger partial charge in [0.2, 0.25) is 0 Å². The van der Waals surface area contributed by atoms with Gasteiger partial charge in [0.05, 0.1) is 0 Å². The van der Waals surface area contributed by atoms with Crippen molar-refractivity contribution in [1.82, 2.24) is 10.2 Å². The van der Waals surface area contributed by atoms with Crippen molar-refractivity contribution < 1.29 is 0 Å². The standard InChI is InChI=1S/C16H29I3N2/c1-11(2)16(19)6-8-21(10-14(16)18)15(3,4)12-5-7-20-9-13(12)17/h11-14,20H,5-10H2,1-4H3. The highest BCUT2D eigenvalue weighted by atomic mass is 127. The molecule has 5 heteroatoms. The third-order valence-electron chi connectivity index (χ3n) is 5.76. The van der Waals surface area contributed by atoms with Crippen LogP contribution in [0.25, 0.3) is 0 Å². The lowest BCUT2D eigenvalue weighted by Gasteiger charge is -2.53. The third-order valence-corrected chi connectivity index (χ3v) is 12.3. The first-order valence-corrected chi connectivity index (χ1v) is 11.7. The van der Waals surface area contributed by atoms with Crippen LogP contribution < -0.4 is 5.32 Å². The Hall–Kier alpha value is 2.11. The number of nitrogens with one attached hydrogen (secondary N) is 1. The molecule has 0 radical (unpaired) electrons. The normalized spacial score (nSPS) is 39.7. The molecule has 4 atom stereocenters. The predicted octanol–water partition coefficient (Wildman–Crippen LogP) is 4.52. The summed E-state index contributed by atoms with van der Waals surface area (Å²) in [7, 11) is 0. The third kappa shape index (κ3) is 4.03. The molecule has 0 aromatic rings. The molecule has 2 fully saturated rings. The lowest BCUT2D eigenvalue weighted by Crippen LogP contribution is -2.62. The quantitative estimate of drug-likeness (QED) is 0.365. The van der Waals surface area contributed by atoms with Crippen LogP contribution in [0.5, 0.6) is 0 Å². The first-order chi connectivity index (χ1) is 9.69. The highest BCUT2D eigenvalue weighted by Crippen LogP contribution is 2.45. The number of hydrogen-bond donors (Lipinski definition) is 1. The summed E-state index contributed by atoms with van der Waals surface area (Å²) in [4.78, 5) is 2.80. The topological polar surface area (TPSA) is 15.3 Å². The molecule has 124 valence electrons. The molecule has 4 unspecified atom stereocenters. The number of halogens is 3. The smallest absolute Gasteiger partial charge is 0.0387 e. The molecule has 0 aromatic carbocycles. The minimum absolute atomic E-state index is 0.326. The second-order valence-electron chi connectivity index (χ2n) is 7.51. The summed E-state index contributed by atoms with van der Waals surface area (Å²) >= 11 is 8.15. The van der Waals surface area contributed by atoms with Crippen LogP contribution in [0.15, 0.2) is 0 Å². The van der Waals surface area contributed by atoms with Crippen LogP contribution in [0.4, 0.5) is 0 Å². The Labute approximate surface area is 171 Å². The summed E-state index contributed by atoms with van der Waals surface area (Å²) in [6, 6.07) is 0. The fraction of sp³-hybridized carbons (Fsp3) is 1.00. The van der Waals surface area contributed by atoms with Crippen LogP contribution >= 0.6 is 67.8 Å². The van der Waals surface area contributed by atoms with Gasteiger partial charge in [-0.15, -0.1) is 0 Å². The molecule has 2 saturated heterocycles. The molecule has 1 N–H and O–H groups in total. The van der Waals surface area contributed by atoms with E-state index < -0.39 is 0 Å². The zero-order valence-electron chi connectivity index (χ0n) is 13.6. The Morgan fingerprint density at radius 1 is 1.29 bits per heavy atom. The van der Waals surface area contributed by atoms with Gasteiger partial charge in [-0.1, -0.05) is 81.6 Å². The van der Waals surface area contributed by atoms with Gasteiger partial charge in [-0.05, 0) is 45.1 Å². The molecule has 2 rings (SSSR count). The molecule has 0 saturated carbocycles. The zero-order chi connectivity index (χ0) is 15.8. The van der Waals surface area contributed by atoms with E-state index in [2.05, 4.69) is 106 Å². The zero-order valence-corrected chi connectivity index (χ0v) is 20.1. The van der Waals surface area contributed by atoms with Gasteiger partial charge in [-0.2, -0.15) is 0 Å². The van der Waals surface area contributed by atoms with Gasteiger partial charge >= 0.3 is 0 Å². The van der Waals surface area contributed by atoms with Gasteiger partial charge in [0.15, 0.2) is 0 Å². The van der Waals surface area contributed by atoms with E-state index in [-0.39, 0.29) is 0 Å². The Bertz CT molecular complexity index is 361. The number of hydrogen-bond acceptors (Lipinski definition) is 2.